The Labute approximate surface area is 171 Å². The molecular weight excluding hydrogens is 394 g/mol. The number of nitrogens with one attached hydrogen (secondary N) is 1. The molecule has 0 unspecified atom stereocenters. The molecule has 0 spiro atoms. The zero-order valence-electron chi connectivity index (χ0n) is 15.9. The summed E-state index contributed by atoms with van der Waals surface area (Å²) in [5.41, 5.74) is 1.74. The lowest BCUT2D eigenvalue weighted by Crippen LogP contribution is -2.17. The van der Waals surface area contributed by atoms with Gasteiger partial charge in [-0.15, -0.1) is 10.2 Å². The van der Waals surface area contributed by atoms with Crippen LogP contribution in [0.25, 0.3) is 0 Å². The molecule has 9 heteroatoms. The van der Waals surface area contributed by atoms with Gasteiger partial charge >= 0.3 is 5.97 Å². The summed E-state index contributed by atoms with van der Waals surface area (Å²) in [4.78, 5) is 24.0. The number of nitrogens with zero attached hydrogens (tertiary/aromatic N) is 2. The lowest BCUT2D eigenvalue weighted by molar-refractivity contribution is -0.113. The average molecular weight is 413 g/mol. The van der Waals surface area contributed by atoms with Crippen LogP contribution >= 0.6 is 11.8 Å². The summed E-state index contributed by atoms with van der Waals surface area (Å²) in [5, 5.41) is 10.7. The summed E-state index contributed by atoms with van der Waals surface area (Å²) < 4.78 is 15.8. The molecule has 0 aliphatic heterocycles. The Morgan fingerprint density at radius 1 is 1.14 bits per heavy atom. The number of anilines is 1. The van der Waals surface area contributed by atoms with Crippen molar-refractivity contribution in [1.82, 2.24) is 10.2 Å². The Morgan fingerprint density at radius 3 is 2.76 bits per heavy atom. The van der Waals surface area contributed by atoms with Gasteiger partial charge in [0, 0.05) is 0 Å². The number of rotatable bonds is 8. The molecule has 3 aromatic rings. The molecule has 0 atom stereocenters. The van der Waals surface area contributed by atoms with Crippen LogP contribution in [0.15, 0.2) is 58.2 Å². The highest BCUT2D eigenvalue weighted by atomic mass is 32.2. The lowest BCUT2D eigenvalue weighted by atomic mass is 10.2. The second-order valence-corrected chi connectivity index (χ2v) is 6.87. The molecule has 3 rings (SSSR count). The second-order valence-electron chi connectivity index (χ2n) is 5.94. The first-order valence-electron chi connectivity index (χ1n) is 8.67. The zero-order chi connectivity index (χ0) is 20.6. The molecule has 0 bridgehead atoms. The number of thioether (sulfide) groups is 1. The normalized spacial score (nSPS) is 10.4. The molecule has 0 fully saturated rings. The minimum atomic E-state index is -0.524. The van der Waals surface area contributed by atoms with E-state index in [1.54, 1.807) is 24.3 Å². The van der Waals surface area contributed by atoms with Gasteiger partial charge in [0.25, 0.3) is 11.1 Å². The van der Waals surface area contributed by atoms with E-state index in [0.29, 0.717) is 17.3 Å². The Balaban J connectivity index is 1.51. The van der Waals surface area contributed by atoms with Crippen molar-refractivity contribution in [2.75, 3.05) is 18.2 Å². The molecule has 1 aromatic heterocycles. The van der Waals surface area contributed by atoms with Crippen LogP contribution in [0, 0.1) is 6.92 Å². The van der Waals surface area contributed by atoms with Crippen LogP contribution in [-0.2, 0) is 16.1 Å². The number of carbonyl (C=O) groups is 2. The third-order valence-electron chi connectivity index (χ3n) is 3.73. The third-order valence-corrected chi connectivity index (χ3v) is 4.55. The Kier molecular flexibility index (Phi) is 6.85. The van der Waals surface area contributed by atoms with Crippen molar-refractivity contribution in [2.24, 2.45) is 0 Å². The van der Waals surface area contributed by atoms with Crippen molar-refractivity contribution in [2.45, 2.75) is 18.8 Å². The van der Waals surface area contributed by atoms with E-state index in [-0.39, 0.29) is 29.1 Å². The summed E-state index contributed by atoms with van der Waals surface area (Å²) >= 11 is 1.09. The SMILES string of the molecule is COC(=O)c1ccccc1NC(=O)CSc1nnc(COc2cccc(C)c2)o1. The highest BCUT2D eigenvalue weighted by molar-refractivity contribution is 7.99. The average Bonchev–Trinajstić information content (AvgIpc) is 3.18. The molecular formula is C20H19N3O5S. The van der Waals surface area contributed by atoms with Gasteiger partial charge in [0.2, 0.25) is 5.91 Å². The minimum absolute atomic E-state index is 0.0376. The van der Waals surface area contributed by atoms with Crippen LogP contribution in [0.4, 0.5) is 5.69 Å². The molecule has 1 heterocycles. The van der Waals surface area contributed by atoms with Crippen LogP contribution in [-0.4, -0.2) is 34.9 Å². The number of ether oxygens (including phenoxy) is 2. The van der Waals surface area contributed by atoms with Gasteiger partial charge in [0.1, 0.15) is 5.75 Å². The number of hydrogen-bond acceptors (Lipinski definition) is 8. The fourth-order valence-electron chi connectivity index (χ4n) is 2.40. The van der Waals surface area contributed by atoms with Gasteiger partial charge in [0.15, 0.2) is 6.61 Å². The largest absolute Gasteiger partial charge is 0.484 e. The van der Waals surface area contributed by atoms with Crippen LogP contribution in [0.2, 0.25) is 0 Å². The lowest BCUT2D eigenvalue weighted by Gasteiger charge is -2.08. The molecule has 150 valence electrons. The first kappa shape index (κ1) is 20.4. The maximum Gasteiger partial charge on any atom is 0.339 e. The quantitative estimate of drug-likeness (QED) is 0.442. The van der Waals surface area contributed by atoms with Gasteiger partial charge in [-0.3, -0.25) is 4.79 Å². The maximum atomic E-state index is 12.2. The van der Waals surface area contributed by atoms with Gasteiger partial charge in [-0.1, -0.05) is 36.0 Å². The van der Waals surface area contributed by atoms with Crippen molar-refractivity contribution in [3.05, 3.63) is 65.5 Å². The van der Waals surface area contributed by atoms with Crippen LogP contribution in [0.3, 0.4) is 0 Å². The predicted octanol–water partition coefficient (Wildman–Crippen LogP) is 3.47. The minimum Gasteiger partial charge on any atom is -0.484 e. The van der Waals surface area contributed by atoms with Crippen LogP contribution in [0.5, 0.6) is 5.75 Å². The Hall–Kier alpha value is -3.33. The number of benzene rings is 2. The van der Waals surface area contributed by atoms with Crippen molar-refractivity contribution in [1.29, 1.82) is 0 Å². The fourth-order valence-corrected chi connectivity index (χ4v) is 2.98. The molecule has 0 saturated heterocycles. The monoisotopic (exact) mass is 413 g/mol. The number of esters is 1. The number of hydrogen-bond donors (Lipinski definition) is 1. The van der Waals surface area contributed by atoms with Crippen molar-refractivity contribution in [3.8, 4) is 5.75 Å². The summed E-state index contributed by atoms with van der Waals surface area (Å²) in [7, 11) is 1.28. The third kappa shape index (κ3) is 5.82. The predicted molar refractivity (Wildman–Crippen MR) is 107 cm³/mol. The van der Waals surface area contributed by atoms with E-state index in [9.17, 15) is 9.59 Å². The molecule has 0 radical (unpaired) electrons. The van der Waals surface area contributed by atoms with E-state index < -0.39 is 5.97 Å². The number of aryl methyl sites for hydroxylation is 1. The number of methoxy groups -OCH3 is 1. The first-order valence-corrected chi connectivity index (χ1v) is 9.65. The summed E-state index contributed by atoms with van der Waals surface area (Å²) in [6.07, 6.45) is 0. The smallest absolute Gasteiger partial charge is 0.339 e. The van der Waals surface area contributed by atoms with Gasteiger partial charge in [-0.25, -0.2) is 4.79 Å². The molecule has 0 aliphatic carbocycles. The molecule has 1 N–H and O–H groups in total. The highest BCUT2D eigenvalue weighted by Crippen LogP contribution is 2.20. The molecule has 0 saturated carbocycles. The van der Waals surface area contributed by atoms with Crippen molar-refractivity contribution < 1.29 is 23.5 Å². The number of carbonyl (C=O) groups excluding carboxylic acids is 2. The van der Waals surface area contributed by atoms with Gasteiger partial charge in [0.05, 0.1) is 24.1 Å². The fraction of sp³-hybridized carbons (Fsp3) is 0.200. The second kappa shape index (κ2) is 9.74. The maximum absolute atomic E-state index is 12.2. The first-order chi connectivity index (χ1) is 14.0. The molecule has 0 aliphatic rings. The van der Waals surface area contributed by atoms with E-state index in [0.717, 1.165) is 17.3 Å². The van der Waals surface area contributed by atoms with Crippen LogP contribution < -0.4 is 10.1 Å². The van der Waals surface area contributed by atoms with E-state index in [4.69, 9.17) is 13.9 Å². The summed E-state index contributed by atoms with van der Waals surface area (Å²) in [5.74, 6) is 0.216. The summed E-state index contributed by atoms with van der Waals surface area (Å²) in [6, 6.07) is 14.2. The molecule has 29 heavy (non-hydrogen) atoms. The molecule has 2 aromatic carbocycles. The zero-order valence-corrected chi connectivity index (χ0v) is 16.7. The Morgan fingerprint density at radius 2 is 1.97 bits per heavy atom. The Bertz CT molecular complexity index is 1010. The molecule has 1 amide bonds. The summed E-state index contributed by atoms with van der Waals surface area (Å²) in [6.45, 7) is 2.11. The van der Waals surface area contributed by atoms with Gasteiger partial charge < -0.3 is 19.2 Å². The van der Waals surface area contributed by atoms with Crippen molar-refractivity contribution in [3.63, 3.8) is 0 Å². The van der Waals surface area contributed by atoms with Gasteiger partial charge in [-0.2, -0.15) is 0 Å². The topological polar surface area (TPSA) is 104 Å². The van der Waals surface area contributed by atoms with E-state index in [1.165, 1.54) is 7.11 Å². The van der Waals surface area contributed by atoms with E-state index in [2.05, 4.69) is 15.5 Å². The standard InChI is InChI=1S/C20H19N3O5S/c1-13-6-5-7-14(10-13)27-11-18-22-23-20(28-18)29-12-17(24)21-16-9-4-3-8-15(16)19(25)26-2/h3-10H,11-12H2,1-2H3,(H,21,24). The van der Waals surface area contributed by atoms with Gasteiger partial charge in [-0.05, 0) is 36.8 Å². The number of amides is 1. The number of aromatic nitrogens is 2. The van der Waals surface area contributed by atoms with Crippen molar-refractivity contribution >= 4 is 29.3 Å². The van der Waals surface area contributed by atoms with E-state index in [1.807, 2.05) is 31.2 Å². The molecule has 8 nitrogen and oxygen atoms in total. The van der Waals surface area contributed by atoms with E-state index >= 15 is 0 Å². The number of para-hydroxylation sites is 1. The van der Waals surface area contributed by atoms with Crippen LogP contribution in [0.1, 0.15) is 21.8 Å². The highest BCUT2D eigenvalue weighted by Gasteiger charge is 2.15.